The van der Waals surface area contributed by atoms with Crippen LogP contribution < -0.4 is 9.47 Å². The van der Waals surface area contributed by atoms with Crippen molar-refractivity contribution in [2.45, 2.75) is 52.2 Å². The minimum absolute atomic E-state index is 0.0160. The van der Waals surface area contributed by atoms with Gasteiger partial charge >= 0.3 is 6.03 Å². The Hall–Kier alpha value is -6.16. The van der Waals surface area contributed by atoms with Crippen LogP contribution in [-0.4, -0.2) is 56.4 Å². The van der Waals surface area contributed by atoms with Gasteiger partial charge in [-0.3, -0.25) is 4.90 Å². The predicted molar refractivity (Wildman–Crippen MR) is 202 cm³/mol. The summed E-state index contributed by atoms with van der Waals surface area (Å²) in [4.78, 5) is 29.1. The second-order valence-electron chi connectivity index (χ2n) is 13.8. The third-order valence-electron chi connectivity index (χ3n) is 9.55. The summed E-state index contributed by atoms with van der Waals surface area (Å²) >= 11 is 0. The molecular formula is C44H42N6O3. The predicted octanol–water partition coefficient (Wildman–Crippen LogP) is 7.38. The fourth-order valence-corrected chi connectivity index (χ4v) is 6.70. The van der Waals surface area contributed by atoms with Gasteiger partial charge in [0.2, 0.25) is 5.75 Å². The fraction of sp³-hybridized carbons (Fsp3) is 0.273. The van der Waals surface area contributed by atoms with Crippen molar-refractivity contribution in [1.29, 1.82) is 5.26 Å². The van der Waals surface area contributed by atoms with Crippen LogP contribution in [-0.2, 0) is 26.3 Å². The van der Waals surface area contributed by atoms with E-state index in [2.05, 4.69) is 57.0 Å². The molecule has 5 aromatic rings. The lowest BCUT2D eigenvalue weighted by Gasteiger charge is -2.35. The molecule has 3 heterocycles. The van der Waals surface area contributed by atoms with E-state index in [0.29, 0.717) is 37.1 Å². The maximum atomic E-state index is 14.0. The molecule has 53 heavy (non-hydrogen) atoms. The zero-order valence-corrected chi connectivity index (χ0v) is 30.1. The lowest BCUT2D eigenvalue weighted by molar-refractivity contribution is 0.127. The Balaban J connectivity index is 1.05. The molecule has 2 amide bonds. The monoisotopic (exact) mass is 702 g/mol. The standard InChI is InChI=1S/C44H42N6O3/c1-32(2)50-41(39-21-19-34(20-22-39)14-13-33-15-17-35(18-16-33)24-48-25-38(23-45)26-48)28-49(44(50)51)27-40-42(52-29-36-9-5-3-6-10-36)43(47-31-46-40)53-30-37-11-7-4-8-12-37/h3-12,15-22,31-32,38,41H,24-30H2,1-2H3. The van der Waals surface area contributed by atoms with Crippen LogP contribution in [0.1, 0.15) is 59.0 Å². The Bertz CT molecular complexity index is 2100. The molecule has 7 rings (SSSR count). The Labute approximate surface area is 311 Å². The van der Waals surface area contributed by atoms with Crippen LogP contribution in [0.2, 0.25) is 0 Å². The van der Waals surface area contributed by atoms with Crippen LogP contribution in [0, 0.1) is 29.1 Å². The van der Waals surface area contributed by atoms with Crippen LogP contribution >= 0.6 is 0 Å². The zero-order chi connectivity index (χ0) is 36.6. The Morgan fingerprint density at radius 2 is 1.34 bits per heavy atom. The first-order valence-corrected chi connectivity index (χ1v) is 18.0. The molecular weight excluding hydrogens is 661 g/mol. The van der Waals surface area contributed by atoms with Gasteiger partial charge in [-0.15, -0.1) is 0 Å². The molecule has 0 N–H and O–H groups in total. The van der Waals surface area contributed by atoms with E-state index in [1.165, 1.54) is 11.9 Å². The second kappa shape index (κ2) is 16.5. The number of likely N-dealkylation sites (tertiary alicyclic amines) is 1. The zero-order valence-electron chi connectivity index (χ0n) is 30.1. The molecule has 1 unspecified atom stereocenters. The Morgan fingerprint density at radius 1 is 0.736 bits per heavy atom. The third-order valence-corrected chi connectivity index (χ3v) is 9.55. The number of carbonyl (C=O) groups is 1. The summed E-state index contributed by atoms with van der Waals surface area (Å²) in [5, 5.41) is 9.01. The summed E-state index contributed by atoms with van der Waals surface area (Å²) in [6.07, 6.45) is 1.47. The van der Waals surface area contributed by atoms with E-state index in [-0.39, 0.29) is 30.6 Å². The highest BCUT2D eigenvalue weighted by molar-refractivity contribution is 5.78. The molecule has 0 spiro atoms. The van der Waals surface area contributed by atoms with Crippen molar-refractivity contribution in [3.05, 3.63) is 155 Å². The number of rotatable bonds is 12. The number of amides is 2. The van der Waals surface area contributed by atoms with Crippen LogP contribution in [0.25, 0.3) is 0 Å². The van der Waals surface area contributed by atoms with Crippen molar-refractivity contribution >= 4 is 6.03 Å². The second-order valence-corrected chi connectivity index (χ2v) is 13.8. The van der Waals surface area contributed by atoms with Gasteiger partial charge in [0.15, 0.2) is 0 Å². The summed E-state index contributed by atoms with van der Waals surface area (Å²) in [6, 6.07) is 38.4. The number of carbonyl (C=O) groups excluding carboxylic acids is 1. The summed E-state index contributed by atoms with van der Waals surface area (Å²) < 4.78 is 12.5. The van der Waals surface area contributed by atoms with Crippen molar-refractivity contribution in [3.63, 3.8) is 0 Å². The van der Waals surface area contributed by atoms with E-state index in [1.54, 1.807) is 0 Å². The first-order chi connectivity index (χ1) is 25.9. The molecule has 9 heteroatoms. The van der Waals surface area contributed by atoms with Crippen molar-refractivity contribution in [1.82, 2.24) is 24.7 Å². The quantitative estimate of drug-likeness (QED) is 0.125. The topological polar surface area (TPSA) is 94.8 Å². The molecule has 0 radical (unpaired) electrons. The number of benzene rings is 4. The van der Waals surface area contributed by atoms with Crippen LogP contribution in [0.5, 0.6) is 11.6 Å². The molecule has 1 aromatic heterocycles. The van der Waals surface area contributed by atoms with Crippen molar-refractivity contribution in [3.8, 4) is 29.5 Å². The summed E-state index contributed by atoms with van der Waals surface area (Å²) in [6.45, 7) is 7.99. The highest BCUT2D eigenvalue weighted by Crippen LogP contribution is 2.35. The van der Waals surface area contributed by atoms with Gasteiger partial charge < -0.3 is 19.3 Å². The third kappa shape index (κ3) is 8.66. The molecule has 9 nitrogen and oxygen atoms in total. The van der Waals surface area contributed by atoms with Crippen molar-refractivity contribution in [2.75, 3.05) is 19.6 Å². The number of nitrogens with zero attached hydrogens (tertiary/aromatic N) is 6. The number of urea groups is 1. The van der Waals surface area contributed by atoms with E-state index in [1.807, 2.05) is 109 Å². The summed E-state index contributed by atoms with van der Waals surface area (Å²) in [5.74, 6) is 7.50. The summed E-state index contributed by atoms with van der Waals surface area (Å²) in [5.41, 5.74) is 6.71. The number of hydrogen-bond donors (Lipinski definition) is 0. The molecule has 2 fully saturated rings. The number of ether oxygens (including phenoxy) is 2. The molecule has 2 aliphatic rings. The average Bonchev–Trinajstić information content (AvgIpc) is 3.50. The highest BCUT2D eigenvalue weighted by atomic mass is 16.5. The molecule has 0 saturated carbocycles. The highest BCUT2D eigenvalue weighted by Gasteiger charge is 2.40. The van der Waals surface area contributed by atoms with Gasteiger partial charge in [0.1, 0.15) is 25.2 Å². The van der Waals surface area contributed by atoms with Crippen LogP contribution in [0.15, 0.2) is 116 Å². The van der Waals surface area contributed by atoms with E-state index in [9.17, 15) is 4.79 Å². The number of aromatic nitrogens is 2. The first kappa shape index (κ1) is 35.3. The maximum absolute atomic E-state index is 14.0. The first-order valence-electron chi connectivity index (χ1n) is 18.0. The van der Waals surface area contributed by atoms with Crippen molar-refractivity contribution < 1.29 is 14.3 Å². The van der Waals surface area contributed by atoms with Gasteiger partial charge in [0, 0.05) is 43.3 Å². The van der Waals surface area contributed by atoms with E-state index < -0.39 is 0 Å². The van der Waals surface area contributed by atoms with Crippen LogP contribution in [0.4, 0.5) is 4.79 Å². The molecule has 4 aromatic carbocycles. The molecule has 266 valence electrons. The Kier molecular flexibility index (Phi) is 10.9. The van der Waals surface area contributed by atoms with Gasteiger partial charge in [-0.2, -0.15) is 10.2 Å². The maximum Gasteiger partial charge on any atom is 0.321 e. The lowest BCUT2D eigenvalue weighted by atomic mass is 10.0. The molecule has 2 saturated heterocycles. The Morgan fingerprint density at radius 3 is 1.94 bits per heavy atom. The van der Waals surface area contributed by atoms with Gasteiger partial charge in [-0.1, -0.05) is 96.8 Å². The van der Waals surface area contributed by atoms with Crippen LogP contribution in [0.3, 0.4) is 0 Å². The molecule has 0 aliphatic carbocycles. The average molecular weight is 703 g/mol. The molecule has 1 atom stereocenters. The van der Waals surface area contributed by atoms with Gasteiger partial charge in [0.25, 0.3) is 5.88 Å². The SMILES string of the molecule is CC(C)N1C(=O)N(Cc2ncnc(OCc3ccccc3)c2OCc2ccccc2)CC1c1ccc(C#Cc2ccc(CN3CC(C#N)C3)cc2)cc1. The van der Waals surface area contributed by atoms with E-state index in [0.717, 1.165) is 47.5 Å². The number of nitriles is 1. The largest absolute Gasteiger partial charge is 0.482 e. The normalized spacial score (nSPS) is 15.8. The fourth-order valence-electron chi connectivity index (χ4n) is 6.70. The molecule has 0 bridgehead atoms. The minimum Gasteiger partial charge on any atom is -0.482 e. The lowest BCUT2D eigenvalue weighted by Crippen LogP contribution is -2.45. The van der Waals surface area contributed by atoms with Crippen molar-refractivity contribution in [2.24, 2.45) is 5.92 Å². The minimum atomic E-state index is -0.142. The van der Waals surface area contributed by atoms with Gasteiger partial charge in [-0.05, 0) is 60.4 Å². The van der Waals surface area contributed by atoms with Gasteiger partial charge in [-0.25, -0.2) is 9.78 Å². The summed E-state index contributed by atoms with van der Waals surface area (Å²) in [7, 11) is 0. The van der Waals surface area contributed by atoms with E-state index in [4.69, 9.17) is 14.7 Å². The van der Waals surface area contributed by atoms with Gasteiger partial charge in [0.05, 0.1) is 24.6 Å². The number of hydrogen-bond acceptors (Lipinski definition) is 7. The van der Waals surface area contributed by atoms with E-state index >= 15 is 0 Å². The smallest absolute Gasteiger partial charge is 0.321 e. The molecule has 2 aliphatic heterocycles.